The molecule has 1 atom stereocenters. The molecule has 0 heterocycles. The van der Waals surface area contributed by atoms with E-state index in [1.807, 2.05) is 36.4 Å². The molecule has 2 amide bonds. The minimum absolute atomic E-state index is 0.168. The molecule has 0 saturated carbocycles. The van der Waals surface area contributed by atoms with E-state index in [9.17, 15) is 14.4 Å². The van der Waals surface area contributed by atoms with Gasteiger partial charge < -0.3 is 5.32 Å². The number of Topliss-reactive ketones (excluding diaryl/α,β-unsaturated/α-hetero) is 1. The smallest absolute Gasteiger partial charge is 0.303 e. The van der Waals surface area contributed by atoms with Gasteiger partial charge >= 0.3 is 5.91 Å². The first kappa shape index (κ1) is 22.8. The van der Waals surface area contributed by atoms with Gasteiger partial charge in [0.05, 0.1) is 5.02 Å². The lowest BCUT2D eigenvalue weighted by Crippen LogP contribution is -2.43. The van der Waals surface area contributed by atoms with Crippen LogP contribution in [-0.2, 0) is 16.1 Å². The van der Waals surface area contributed by atoms with Gasteiger partial charge in [-0.25, -0.2) is 0 Å². The van der Waals surface area contributed by atoms with Crippen molar-refractivity contribution in [2.24, 2.45) is 0 Å². The molecule has 5 nitrogen and oxygen atoms in total. The van der Waals surface area contributed by atoms with Crippen molar-refractivity contribution in [2.75, 3.05) is 4.90 Å². The topological polar surface area (TPSA) is 66.5 Å². The van der Waals surface area contributed by atoms with Crippen LogP contribution in [0.1, 0.15) is 34.5 Å². The van der Waals surface area contributed by atoms with Crippen LogP contribution in [0.15, 0.2) is 78.9 Å². The molecule has 3 rings (SSSR count). The van der Waals surface area contributed by atoms with Crippen LogP contribution in [0, 0.1) is 12.3 Å². The lowest BCUT2D eigenvalue weighted by Gasteiger charge is -2.30. The number of amides is 2. The second-order valence-corrected chi connectivity index (χ2v) is 7.46. The molecule has 0 aromatic heterocycles. The molecular weight excluding hydrogens is 424 g/mol. The highest BCUT2D eigenvalue weighted by atomic mass is 35.5. The zero-order chi connectivity index (χ0) is 23.1. The third-order valence-electron chi connectivity index (χ3n) is 4.88. The number of rotatable bonds is 7. The Labute approximate surface area is 192 Å². The fourth-order valence-electron chi connectivity index (χ4n) is 3.33. The molecule has 0 aliphatic carbocycles. The quantitative estimate of drug-likeness (QED) is 0.429. The van der Waals surface area contributed by atoms with Crippen molar-refractivity contribution in [3.63, 3.8) is 0 Å². The van der Waals surface area contributed by atoms with Gasteiger partial charge in [-0.3, -0.25) is 19.3 Å². The lowest BCUT2D eigenvalue weighted by atomic mass is 10.0. The summed E-state index contributed by atoms with van der Waals surface area (Å²) in [6.07, 6.45) is 5.45. The molecule has 0 aliphatic rings. The Morgan fingerprint density at radius 1 is 1.00 bits per heavy atom. The Hall–Kier alpha value is -3.88. The van der Waals surface area contributed by atoms with Crippen LogP contribution in [-0.4, -0.2) is 17.6 Å². The van der Waals surface area contributed by atoms with E-state index in [0.717, 1.165) is 5.56 Å². The van der Waals surface area contributed by atoms with Crippen LogP contribution in [0.4, 0.5) is 5.69 Å². The van der Waals surface area contributed by atoms with E-state index in [2.05, 4.69) is 11.2 Å². The summed E-state index contributed by atoms with van der Waals surface area (Å²) in [5.74, 6) is 0.770. The number of anilines is 1. The Morgan fingerprint density at radius 2 is 1.62 bits per heavy atom. The van der Waals surface area contributed by atoms with Crippen molar-refractivity contribution in [3.8, 4) is 12.3 Å². The molecule has 3 aromatic carbocycles. The summed E-state index contributed by atoms with van der Waals surface area (Å²) in [7, 11) is 0. The predicted octanol–water partition coefficient (Wildman–Crippen LogP) is 4.57. The number of hydrogen-bond acceptors (Lipinski definition) is 3. The summed E-state index contributed by atoms with van der Waals surface area (Å²) in [5.41, 5.74) is 2.12. The van der Waals surface area contributed by atoms with E-state index in [0.29, 0.717) is 16.8 Å². The maximum Gasteiger partial charge on any atom is 0.303 e. The van der Waals surface area contributed by atoms with Crippen LogP contribution in [0.3, 0.4) is 0 Å². The van der Waals surface area contributed by atoms with Crippen LogP contribution in [0.2, 0.25) is 5.02 Å². The van der Waals surface area contributed by atoms with Crippen molar-refractivity contribution in [1.82, 2.24) is 5.32 Å². The van der Waals surface area contributed by atoms with Gasteiger partial charge in [0.25, 0.3) is 0 Å². The molecule has 3 aromatic rings. The van der Waals surface area contributed by atoms with Gasteiger partial charge in [-0.15, -0.1) is 6.42 Å². The average molecular weight is 445 g/mol. The number of terminal acetylenes is 1. The minimum Gasteiger partial charge on any atom is -0.350 e. The standard InChI is InChI=1S/C26H21ClN2O3/c1-3-24(31)29(21-14-15-22(18(2)30)23(27)16-21)25(20-12-8-5-9-13-20)26(32)28-17-19-10-6-4-7-11-19/h1,4-16,25H,17H2,2H3,(H,28,32). The number of carbonyl (C=O) groups excluding carboxylic acids is 3. The Bertz CT molecular complexity index is 1170. The number of carbonyl (C=O) groups is 3. The monoisotopic (exact) mass is 444 g/mol. The van der Waals surface area contributed by atoms with Crippen LogP contribution in [0.25, 0.3) is 0 Å². The normalized spacial score (nSPS) is 11.2. The number of hydrogen-bond donors (Lipinski definition) is 1. The summed E-state index contributed by atoms with van der Waals surface area (Å²) < 4.78 is 0. The van der Waals surface area contributed by atoms with Crippen molar-refractivity contribution in [1.29, 1.82) is 0 Å². The third-order valence-corrected chi connectivity index (χ3v) is 5.20. The second kappa shape index (κ2) is 10.4. The predicted molar refractivity (Wildman–Crippen MR) is 125 cm³/mol. The molecule has 1 N–H and O–H groups in total. The number of benzene rings is 3. The van der Waals surface area contributed by atoms with Gasteiger partial charge in [0.15, 0.2) is 5.78 Å². The Morgan fingerprint density at radius 3 is 2.19 bits per heavy atom. The lowest BCUT2D eigenvalue weighted by molar-refractivity contribution is -0.125. The highest BCUT2D eigenvalue weighted by Gasteiger charge is 2.32. The van der Waals surface area contributed by atoms with E-state index in [1.54, 1.807) is 30.3 Å². The molecule has 0 spiro atoms. The molecule has 0 bridgehead atoms. The first-order valence-electron chi connectivity index (χ1n) is 9.89. The molecule has 0 radical (unpaired) electrons. The zero-order valence-corrected chi connectivity index (χ0v) is 18.2. The van der Waals surface area contributed by atoms with Crippen LogP contribution >= 0.6 is 11.6 Å². The molecule has 1 unspecified atom stereocenters. The Balaban J connectivity index is 2.04. The van der Waals surface area contributed by atoms with E-state index >= 15 is 0 Å². The first-order valence-corrected chi connectivity index (χ1v) is 10.3. The van der Waals surface area contributed by atoms with E-state index in [-0.39, 0.29) is 17.4 Å². The SMILES string of the molecule is C#CC(=O)N(c1ccc(C(C)=O)c(Cl)c1)C(C(=O)NCc1ccccc1)c1ccccc1. The summed E-state index contributed by atoms with van der Waals surface area (Å²) in [5, 5.41) is 3.05. The minimum atomic E-state index is -1.04. The summed E-state index contributed by atoms with van der Waals surface area (Å²) in [6.45, 7) is 1.68. The molecule has 160 valence electrons. The van der Waals surface area contributed by atoms with Gasteiger partial charge in [0.2, 0.25) is 5.91 Å². The first-order chi connectivity index (χ1) is 15.4. The largest absolute Gasteiger partial charge is 0.350 e. The number of nitrogens with one attached hydrogen (secondary N) is 1. The maximum atomic E-state index is 13.4. The highest BCUT2D eigenvalue weighted by molar-refractivity contribution is 6.34. The number of nitrogens with zero attached hydrogens (tertiary/aromatic N) is 1. The van der Waals surface area contributed by atoms with Gasteiger partial charge in [-0.05, 0) is 42.2 Å². The highest BCUT2D eigenvalue weighted by Crippen LogP contribution is 2.31. The van der Waals surface area contributed by atoms with E-state index < -0.39 is 17.9 Å². The fraction of sp³-hybridized carbons (Fsp3) is 0.115. The molecule has 6 heteroatoms. The van der Waals surface area contributed by atoms with Gasteiger partial charge in [0, 0.05) is 17.8 Å². The molecule has 0 saturated heterocycles. The fourth-order valence-corrected chi connectivity index (χ4v) is 3.64. The third kappa shape index (κ3) is 5.23. The summed E-state index contributed by atoms with van der Waals surface area (Å²) in [4.78, 5) is 39.2. The molecule has 0 aliphatic heterocycles. The van der Waals surface area contributed by atoms with Crippen molar-refractivity contribution in [3.05, 3.63) is 101 Å². The summed E-state index contributed by atoms with van der Waals surface area (Å²) in [6, 6.07) is 21.8. The van der Waals surface area contributed by atoms with Gasteiger partial charge in [-0.1, -0.05) is 72.3 Å². The Kier molecular flexibility index (Phi) is 7.43. The molecule has 32 heavy (non-hydrogen) atoms. The maximum absolute atomic E-state index is 13.4. The van der Waals surface area contributed by atoms with Crippen molar-refractivity contribution in [2.45, 2.75) is 19.5 Å². The summed E-state index contributed by atoms with van der Waals surface area (Å²) >= 11 is 6.28. The van der Waals surface area contributed by atoms with Crippen LogP contribution in [0.5, 0.6) is 0 Å². The molecule has 0 fully saturated rings. The van der Waals surface area contributed by atoms with Crippen molar-refractivity contribution < 1.29 is 14.4 Å². The number of halogens is 1. The number of ketones is 1. The zero-order valence-electron chi connectivity index (χ0n) is 17.4. The van der Waals surface area contributed by atoms with Crippen molar-refractivity contribution >= 4 is 34.9 Å². The van der Waals surface area contributed by atoms with Gasteiger partial charge in [0.1, 0.15) is 6.04 Å². The molecular formula is C26H21ClN2O3. The second-order valence-electron chi connectivity index (χ2n) is 7.06. The average Bonchev–Trinajstić information content (AvgIpc) is 2.81. The van der Waals surface area contributed by atoms with Gasteiger partial charge in [-0.2, -0.15) is 0 Å². The van der Waals surface area contributed by atoms with Crippen LogP contribution < -0.4 is 10.2 Å². The van der Waals surface area contributed by atoms with E-state index in [4.69, 9.17) is 18.0 Å². The van der Waals surface area contributed by atoms with E-state index in [1.165, 1.54) is 24.0 Å².